The molecule has 0 unspecified atom stereocenters. The topological polar surface area (TPSA) is 72.2 Å². The molecule has 0 aliphatic rings. The third kappa shape index (κ3) is 3.66. The van der Waals surface area contributed by atoms with Gasteiger partial charge < -0.3 is 5.73 Å². The van der Waals surface area contributed by atoms with Crippen LogP contribution in [0.2, 0.25) is 0 Å². The van der Waals surface area contributed by atoms with Crippen molar-refractivity contribution in [3.05, 3.63) is 71.8 Å². The predicted octanol–water partition coefficient (Wildman–Crippen LogP) is 3.92. The summed E-state index contributed by atoms with van der Waals surface area (Å²) in [6.45, 7) is -0.126. The number of alkyl halides is 3. The zero-order chi connectivity index (χ0) is 18.9. The van der Waals surface area contributed by atoms with E-state index in [0.717, 1.165) is 12.1 Å². The Balaban J connectivity index is 1.85. The lowest BCUT2D eigenvalue weighted by atomic mass is 10.1. The number of nitrogen functional groups attached to an aromatic ring is 1. The molecular formula is C18H15F3N2O2S. The van der Waals surface area contributed by atoms with Crippen molar-refractivity contribution >= 4 is 26.5 Å². The summed E-state index contributed by atoms with van der Waals surface area (Å²) in [6.07, 6.45) is -4.43. The molecule has 0 radical (unpaired) electrons. The van der Waals surface area contributed by atoms with E-state index in [-0.39, 0.29) is 11.4 Å². The highest BCUT2D eigenvalue weighted by Crippen LogP contribution is 2.29. The maximum Gasteiger partial charge on any atom is 0.416 e. The van der Waals surface area contributed by atoms with Crippen molar-refractivity contribution in [3.8, 4) is 0 Å². The maximum absolute atomic E-state index is 12.6. The number of halogens is 3. The van der Waals surface area contributed by atoms with Crippen LogP contribution in [0.4, 0.5) is 18.9 Å². The average molecular weight is 380 g/mol. The largest absolute Gasteiger partial charge is 0.416 e. The summed E-state index contributed by atoms with van der Waals surface area (Å²) in [4.78, 5) is 0.0641. The first kappa shape index (κ1) is 18.2. The minimum absolute atomic E-state index is 0.0641. The third-order valence-electron chi connectivity index (χ3n) is 3.95. The summed E-state index contributed by atoms with van der Waals surface area (Å²) in [7, 11) is -3.87. The van der Waals surface area contributed by atoms with Crippen molar-refractivity contribution < 1.29 is 21.6 Å². The van der Waals surface area contributed by atoms with Gasteiger partial charge in [0, 0.05) is 23.0 Å². The SMILES string of the molecule is Nc1cccc2c(S(=O)(=O)NCc3ccc(C(F)(F)F)cc3)cccc12. The minimum Gasteiger partial charge on any atom is -0.398 e. The van der Waals surface area contributed by atoms with Gasteiger partial charge in [-0.3, -0.25) is 0 Å². The van der Waals surface area contributed by atoms with E-state index in [9.17, 15) is 21.6 Å². The lowest BCUT2D eigenvalue weighted by Crippen LogP contribution is -2.23. The molecule has 0 heterocycles. The van der Waals surface area contributed by atoms with Crippen LogP contribution in [-0.4, -0.2) is 8.42 Å². The Morgan fingerprint density at radius 1 is 0.885 bits per heavy atom. The first-order valence-electron chi connectivity index (χ1n) is 7.61. The van der Waals surface area contributed by atoms with Crippen LogP contribution in [0.3, 0.4) is 0 Å². The molecule has 0 saturated carbocycles. The molecule has 26 heavy (non-hydrogen) atoms. The summed E-state index contributed by atoms with van der Waals surface area (Å²) < 4.78 is 65.4. The quantitative estimate of drug-likeness (QED) is 0.674. The fourth-order valence-corrected chi connectivity index (χ4v) is 3.84. The normalized spacial score (nSPS) is 12.4. The minimum atomic E-state index is -4.43. The molecule has 0 bridgehead atoms. The Hall–Kier alpha value is -2.58. The van der Waals surface area contributed by atoms with E-state index in [1.807, 2.05) is 0 Å². The van der Waals surface area contributed by atoms with Gasteiger partial charge in [0.25, 0.3) is 0 Å². The fourth-order valence-electron chi connectivity index (χ4n) is 2.61. The first-order valence-corrected chi connectivity index (χ1v) is 9.10. The van der Waals surface area contributed by atoms with Gasteiger partial charge in [0.2, 0.25) is 10.0 Å². The number of anilines is 1. The van der Waals surface area contributed by atoms with Crippen molar-refractivity contribution in [1.82, 2.24) is 4.72 Å². The third-order valence-corrected chi connectivity index (χ3v) is 5.41. The molecule has 0 saturated heterocycles. The van der Waals surface area contributed by atoms with Crippen molar-refractivity contribution in [2.24, 2.45) is 0 Å². The highest BCUT2D eigenvalue weighted by atomic mass is 32.2. The number of sulfonamides is 1. The van der Waals surface area contributed by atoms with Gasteiger partial charge in [-0.25, -0.2) is 13.1 Å². The van der Waals surface area contributed by atoms with E-state index in [2.05, 4.69) is 4.72 Å². The van der Waals surface area contributed by atoms with Crippen LogP contribution in [0.1, 0.15) is 11.1 Å². The Bertz CT molecular complexity index is 1050. The molecule has 3 aromatic rings. The molecule has 3 N–H and O–H groups in total. The van der Waals surface area contributed by atoms with Crippen LogP contribution in [-0.2, 0) is 22.7 Å². The van der Waals surface area contributed by atoms with Gasteiger partial charge in [0.05, 0.1) is 10.5 Å². The molecule has 0 aromatic heterocycles. The number of hydrogen-bond acceptors (Lipinski definition) is 3. The monoisotopic (exact) mass is 380 g/mol. The first-order chi connectivity index (χ1) is 12.2. The summed E-state index contributed by atoms with van der Waals surface area (Å²) in [5.74, 6) is 0. The summed E-state index contributed by atoms with van der Waals surface area (Å²) in [6, 6.07) is 14.1. The molecule has 4 nitrogen and oxygen atoms in total. The standard InChI is InChI=1S/C18H15F3N2O2S/c19-18(20,21)13-9-7-12(8-10-13)11-23-26(24,25)17-6-2-3-14-15(17)4-1-5-16(14)22/h1-10,23H,11,22H2. The lowest BCUT2D eigenvalue weighted by Gasteiger charge is -2.11. The predicted molar refractivity (Wildman–Crippen MR) is 93.8 cm³/mol. The number of rotatable bonds is 4. The molecule has 0 fully saturated rings. The summed E-state index contributed by atoms with van der Waals surface area (Å²) >= 11 is 0. The van der Waals surface area contributed by atoms with Gasteiger partial charge in [-0.15, -0.1) is 0 Å². The van der Waals surface area contributed by atoms with E-state index >= 15 is 0 Å². The van der Waals surface area contributed by atoms with Gasteiger partial charge in [0.1, 0.15) is 0 Å². The van der Waals surface area contributed by atoms with E-state index < -0.39 is 21.8 Å². The van der Waals surface area contributed by atoms with Gasteiger partial charge in [0.15, 0.2) is 0 Å². The molecule has 136 valence electrons. The Kier molecular flexibility index (Phi) is 4.64. The second-order valence-electron chi connectivity index (χ2n) is 5.72. The van der Waals surface area contributed by atoms with Crippen LogP contribution in [0, 0.1) is 0 Å². The van der Waals surface area contributed by atoms with E-state index in [1.165, 1.54) is 18.2 Å². The van der Waals surface area contributed by atoms with Crippen LogP contribution in [0.25, 0.3) is 10.8 Å². The highest BCUT2D eigenvalue weighted by Gasteiger charge is 2.30. The zero-order valence-electron chi connectivity index (χ0n) is 13.4. The molecule has 3 aromatic carbocycles. The molecule has 0 amide bonds. The number of benzene rings is 3. The van der Waals surface area contributed by atoms with Gasteiger partial charge >= 0.3 is 6.18 Å². The Labute approximate surface area is 148 Å². The van der Waals surface area contributed by atoms with Crippen LogP contribution >= 0.6 is 0 Å². The average Bonchev–Trinajstić information content (AvgIpc) is 2.59. The molecule has 3 rings (SSSR count). The maximum atomic E-state index is 12.6. The summed E-state index contributed by atoms with van der Waals surface area (Å²) in [5.41, 5.74) is 5.97. The van der Waals surface area contributed by atoms with Crippen LogP contribution < -0.4 is 10.5 Å². The van der Waals surface area contributed by atoms with Crippen molar-refractivity contribution in [2.45, 2.75) is 17.6 Å². The highest BCUT2D eigenvalue weighted by molar-refractivity contribution is 7.89. The smallest absolute Gasteiger partial charge is 0.398 e. The molecule has 0 atom stereocenters. The molecule has 0 spiro atoms. The summed E-state index contributed by atoms with van der Waals surface area (Å²) in [5, 5.41) is 1.09. The van der Waals surface area contributed by atoms with E-state index in [1.54, 1.807) is 30.3 Å². The number of nitrogens with one attached hydrogen (secondary N) is 1. The van der Waals surface area contributed by atoms with Crippen molar-refractivity contribution in [1.29, 1.82) is 0 Å². The zero-order valence-corrected chi connectivity index (χ0v) is 14.2. The van der Waals surface area contributed by atoms with Crippen LogP contribution in [0.15, 0.2) is 65.6 Å². The van der Waals surface area contributed by atoms with E-state index in [0.29, 0.717) is 22.0 Å². The number of hydrogen-bond donors (Lipinski definition) is 2. The van der Waals surface area contributed by atoms with Crippen molar-refractivity contribution in [3.63, 3.8) is 0 Å². The molecule has 0 aliphatic heterocycles. The van der Waals surface area contributed by atoms with Crippen molar-refractivity contribution in [2.75, 3.05) is 5.73 Å². The Morgan fingerprint density at radius 3 is 2.15 bits per heavy atom. The second kappa shape index (κ2) is 6.62. The lowest BCUT2D eigenvalue weighted by molar-refractivity contribution is -0.137. The molecule has 8 heteroatoms. The van der Waals surface area contributed by atoms with E-state index in [4.69, 9.17) is 5.73 Å². The second-order valence-corrected chi connectivity index (χ2v) is 7.45. The number of nitrogens with two attached hydrogens (primary N) is 1. The number of fused-ring (bicyclic) bond motifs is 1. The van der Waals surface area contributed by atoms with Crippen LogP contribution in [0.5, 0.6) is 0 Å². The molecular weight excluding hydrogens is 365 g/mol. The van der Waals surface area contributed by atoms with Gasteiger partial charge in [-0.1, -0.05) is 36.4 Å². The van der Waals surface area contributed by atoms with Gasteiger partial charge in [-0.05, 0) is 29.8 Å². The van der Waals surface area contributed by atoms with Gasteiger partial charge in [-0.2, -0.15) is 13.2 Å². The molecule has 0 aliphatic carbocycles. The Morgan fingerprint density at radius 2 is 1.50 bits per heavy atom. The fraction of sp³-hybridized carbons (Fsp3) is 0.111.